The van der Waals surface area contributed by atoms with Crippen molar-refractivity contribution >= 4 is 28.0 Å². The SMILES string of the molecule is CC(O)[NH+](C(C)O)C(C)O.c1ccc([B-](c2ccccc2)(c2ccccc2)c2ccccc2)cc1. The van der Waals surface area contributed by atoms with E-state index in [1.165, 1.54) is 42.6 Å². The van der Waals surface area contributed by atoms with Gasteiger partial charge in [-0.05, 0) is 0 Å². The summed E-state index contributed by atoms with van der Waals surface area (Å²) in [5.41, 5.74) is 5.36. The largest absolute Gasteiger partial charge is 0.345 e. The highest BCUT2D eigenvalue weighted by Gasteiger charge is 2.31. The first-order valence-corrected chi connectivity index (χ1v) is 12.2. The summed E-state index contributed by atoms with van der Waals surface area (Å²) < 4.78 is 0. The van der Waals surface area contributed by atoms with Crippen molar-refractivity contribution < 1.29 is 20.2 Å². The van der Waals surface area contributed by atoms with Crippen LogP contribution < -0.4 is 26.8 Å². The lowest BCUT2D eigenvalue weighted by molar-refractivity contribution is -1.02. The second kappa shape index (κ2) is 12.5. The van der Waals surface area contributed by atoms with Gasteiger partial charge in [0.1, 0.15) is 6.15 Å². The van der Waals surface area contributed by atoms with Crippen LogP contribution in [0.25, 0.3) is 0 Å². The van der Waals surface area contributed by atoms with E-state index in [2.05, 4.69) is 121 Å². The zero-order valence-corrected chi connectivity index (χ0v) is 20.7. The number of hydrogen-bond donors (Lipinski definition) is 4. The maximum atomic E-state index is 9.00. The van der Waals surface area contributed by atoms with E-state index in [0.717, 1.165) is 0 Å². The van der Waals surface area contributed by atoms with Gasteiger partial charge in [0, 0.05) is 20.8 Å². The van der Waals surface area contributed by atoms with Crippen LogP contribution in [0.3, 0.4) is 0 Å². The van der Waals surface area contributed by atoms with Crippen molar-refractivity contribution in [2.75, 3.05) is 0 Å². The summed E-state index contributed by atoms with van der Waals surface area (Å²) in [6.07, 6.45) is -3.47. The van der Waals surface area contributed by atoms with E-state index in [-0.39, 0.29) is 0 Å². The highest BCUT2D eigenvalue weighted by molar-refractivity contribution is 7.19. The van der Waals surface area contributed by atoms with Crippen molar-refractivity contribution in [1.82, 2.24) is 0 Å². The fourth-order valence-corrected chi connectivity index (χ4v) is 5.17. The molecule has 0 saturated heterocycles. The van der Waals surface area contributed by atoms with Crippen LogP contribution in [0.15, 0.2) is 121 Å². The topological polar surface area (TPSA) is 65.1 Å². The molecule has 4 N–H and O–H groups in total. The molecule has 0 aliphatic carbocycles. The van der Waals surface area contributed by atoms with E-state index < -0.39 is 24.8 Å². The molecule has 4 rings (SSSR count). The maximum Gasteiger partial charge on any atom is 0.190 e. The summed E-state index contributed by atoms with van der Waals surface area (Å²) in [4.78, 5) is 0.361. The summed E-state index contributed by atoms with van der Waals surface area (Å²) >= 11 is 0. The third-order valence-electron chi connectivity index (χ3n) is 6.65. The lowest BCUT2D eigenvalue weighted by Gasteiger charge is -2.44. The molecule has 4 aromatic carbocycles. The van der Waals surface area contributed by atoms with Crippen molar-refractivity contribution in [2.24, 2.45) is 0 Å². The van der Waals surface area contributed by atoms with Crippen LogP contribution in [0.1, 0.15) is 20.8 Å². The van der Waals surface area contributed by atoms with Gasteiger partial charge in [-0.3, -0.25) is 4.90 Å². The first-order valence-electron chi connectivity index (χ1n) is 12.2. The molecule has 0 radical (unpaired) electrons. The predicted octanol–water partition coefficient (Wildman–Crippen LogP) is 0.950. The monoisotopic (exact) mass is 469 g/mol. The smallest absolute Gasteiger partial charge is 0.190 e. The zero-order chi connectivity index (χ0) is 25.3. The molecule has 0 heterocycles. The summed E-state index contributed by atoms with van der Waals surface area (Å²) in [7, 11) is 0. The molecule has 3 unspecified atom stereocenters. The van der Waals surface area contributed by atoms with Crippen LogP contribution in [0.5, 0.6) is 0 Å². The number of benzene rings is 4. The summed E-state index contributed by atoms with van der Waals surface area (Å²) in [6.45, 7) is 4.57. The lowest BCUT2D eigenvalue weighted by atomic mass is 9.13. The number of hydrogen-bond acceptors (Lipinski definition) is 3. The molecule has 0 spiro atoms. The summed E-state index contributed by atoms with van der Waals surface area (Å²) in [6, 6.07) is 43.5. The van der Waals surface area contributed by atoms with E-state index in [9.17, 15) is 0 Å². The molecular weight excluding hydrogens is 433 g/mol. The molecule has 5 heteroatoms. The molecule has 0 amide bonds. The zero-order valence-electron chi connectivity index (χ0n) is 20.7. The van der Waals surface area contributed by atoms with Crippen molar-refractivity contribution in [2.45, 2.75) is 39.5 Å². The number of quaternary nitrogens is 1. The molecule has 0 bridgehead atoms. The number of rotatable bonds is 7. The fraction of sp³-hybridized carbons (Fsp3) is 0.200. The van der Waals surface area contributed by atoms with Gasteiger partial charge in [0.15, 0.2) is 18.7 Å². The molecule has 182 valence electrons. The van der Waals surface area contributed by atoms with Gasteiger partial charge in [-0.25, -0.2) is 0 Å². The van der Waals surface area contributed by atoms with Crippen LogP contribution in [0.2, 0.25) is 0 Å². The average molecular weight is 469 g/mol. The quantitative estimate of drug-likeness (QED) is 0.241. The molecule has 4 aromatic rings. The average Bonchev–Trinajstić information content (AvgIpc) is 2.87. The Balaban J connectivity index is 0.000000292. The van der Waals surface area contributed by atoms with Crippen LogP contribution in [0, 0.1) is 0 Å². The van der Waals surface area contributed by atoms with Gasteiger partial charge in [-0.2, -0.15) is 21.9 Å². The normalized spacial score (nSPS) is 14.7. The first kappa shape index (κ1) is 26.4. The van der Waals surface area contributed by atoms with Crippen LogP contribution >= 0.6 is 0 Å². The van der Waals surface area contributed by atoms with E-state index in [4.69, 9.17) is 15.3 Å². The minimum atomic E-state index is -1.22. The standard InChI is InChI=1S/C24H20B.C6H15NO3/c1-5-13-21(14-6-1)25(22-15-7-2-8-16-22,23-17-9-3-10-18-23)24-19-11-4-12-20-24;1-4(8)7(5(2)9)6(3)10/h1-20H;4-6,8-10H,1-3H3/q-1;/p+1. The van der Waals surface area contributed by atoms with Crippen molar-refractivity contribution in [3.8, 4) is 0 Å². The minimum absolute atomic E-state index is 0.361. The van der Waals surface area contributed by atoms with Crippen LogP contribution in [-0.2, 0) is 0 Å². The van der Waals surface area contributed by atoms with Crippen molar-refractivity contribution in [3.63, 3.8) is 0 Å². The van der Waals surface area contributed by atoms with E-state index in [1.807, 2.05) is 0 Å². The second-order valence-corrected chi connectivity index (χ2v) is 9.04. The third kappa shape index (κ3) is 6.08. The van der Waals surface area contributed by atoms with E-state index in [0.29, 0.717) is 4.90 Å². The Hall–Kier alpha value is -3.22. The van der Waals surface area contributed by atoms with Gasteiger partial charge in [-0.1, -0.05) is 121 Å². The Morgan fingerprint density at radius 1 is 0.429 bits per heavy atom. The van der Waals surface area contributed by atoms with Crippen molar-refractivity contribution in [1.29, 1.82) is 0 Å². The Morgan fingerprint density at radius 3 is 0.771 bits per heavy atom. The fourth-order valence-electron chi connectivity index (χ4n) is 5.17. The molecule has 0 saturated carbocycles. The lowest BCUT2D eigenvalue weighted by Crippen LogP contribution is -3.21. The van der Waals surface area contributed by atoms with Crippen LogP contribution in [0.4, 0.5) is 0 Å². The molecule has 0 aromatic heterocycles. The number of aliphatic hydroxyl groups excluding tert-OH is 3. The van der Waals surface area contributed by atoms with Gasteiger partial charge >= 0.3 is 0 Å². The Bertz CT molecular complexity index is 939. The second-order valence-electron chi connectivity index (χ2n) is 9.04. The predicted molar refractivity (Wildman–Crippen MR) is 146 cm³/mol. The van der Waals surface area contributed by atoms with Crippen molar-refractivity contribution in [3.05, 3.63) is 121 Å². The Labute approximate surface area is 209 Å². The molecule has 3 atom stereocenters. The number of nitrogens with one attached hydrogen (secondary N) is 1. The van der Waals surface area contributed by atoms with Gasteiger partial charge in [0.05, 0.1) is 0 Å². The molecular formula is C30H36BNO3. The summed E-state index contributed by atoms with van der Waals surface area (Å²) in [5, 5.41) is 27.0. The van der Waals surface area contributed by atoms with E-state index >= 15 is 0 Å². The summed E-state index contributed by atoms with van der Waals surface area (Å²) in [5.74, 6) is 0. The molecule has 4 nitrogen and oxygen atoms in total. The Morgan fingerprint density at radius 2 is 0.629 bits per heavy atom. The molecule has 0 aliphatic rings. The molecule has 0 fully saturated rings. The maximum absolute atomic E-state index is 9.00. The Kier molecular flexibility index (Phi) is 9.41. The highest BCUT2D eigenvalue weighted by Crippen LogP contribution is 2.09. The van der Waals surface area contributed by atoms with E-state index in [1.54, 1.807) is 0 Å². The third-order valence-corrected chi connectivity index (χ3v) is 6.65. The minimum Gasteiger partial charge on any atom is -0.345 e. The first-order chi connectivity index (χ1) is 16.9. The molecule has 0 aliphatic heterocycles. The molecule has 35 heavy (non-hydrogen) atoms. The number of aliphatic hydroxyl groups is 3. The van der Waals surface area contributed by atoms with Gasteiger partial charge in [0.25, 0.3) is 0 Å². The highest BCUT2D eigenvalue weighted by atomic mass is 16.4. The van der Waals surface area contributed by atoms with Gasteiger partial charge in [0.2, 0.25) is 0 Å². The van der Waals surface area contributed by atoms with Gasteiger partial charge in [-0.15, -0.1) is 0 Å². The van der Waals surface area contributed by atoms with Crippen LogP contribution in [-0.4, -0.2) is 40.1 Å². The van der Waals surface area contributed by atoms with Gasteiger partial charge < -0.3 is 15.3 Å².